The number of imidazole rings is 1. The summed E-state index contributed by atoms with van der Waals surface area (Å²) in [6.45, 7) is 6.45. The number of likely N-dealkylation sites (N-methyl/N-ethyl adjacent to an activating group) is 1. The van der Waals surface area contributed by atoms with Gasteiger partial charge in [-0.05, 0) is 19.4 Å². The molecular weight excluding hydrogens is 332 g/mol. The molecule has 1 fully saturated rings. The van der Waals surface area contributed by atoms with Crippen LogP contribution in [0.5, 0.6) is 0 Å². The topological polar surface area (TPSA) is 105 Å². The summed E-state index contributed by atoms with van der Waals surface area (Å²) < 4.78 is 29.3. The number of aromatic nitrogens is 2. The zero-order chi connectivity index (χ0) is 18.1. The predicted octanol–water partition coefficient (Wildman–Crippen LogP) is 0.759. The minimum Gasteiger partial charge on any atom is -0.480 e. The van der Waals surface area contributed by atoms with Gasteiger partial charge in [0.15, 0.2) is 5.03 Å². The minimum absolute atomic E-state index is 0.0153. The molecule has 0 aromatic carbocycles. The number of hydrogen-bond acceptors (Lipinski definition) is 5. The van der Waals surface area contributed by atoms with E-state index in [2.05, 4.69) is 9.71 Å². The highest BCUT2D eigenvalue weighted by atomic mass is 32.2. The minimum atomic E-state index is -3.65. The van der Waals surface area contributed by atoms with E-state index < -0.39 is 16.0 Å². The number of sulfonamides is 1. The number of nitrogens with zero attached hydrogens (tertiary/aromatic N) is 3. The lowest BCUT2D eigenvalue weighted by molar-refractivity contribution is -0.139. The van der Waals surface area contributed by atoms with Crippen LogP contribution in [0.25, 0.3) is 0 Å². The molecule has 0 bridgehead atoms. The first-order valence-electron chi connectivity index (χ1n) is 8.15. The van der Waals surface area contributed by atoms with Crippen molar-refractivity contribution in [2.45, 2.75) is 56.6 Å². The van der Waals surface area contributed by atoms with Crippen LogP contribution in [0.2, 0.25) is 0 Å². The van der Waals surface area contributed by atoms with E-state index >= 15 is 0 Å². The molecule has 0 atom stereocenters. The highest BCUT2D eigenvalue weighted by Gasteiger charge is 2.37. The van der Waals surface area contributed by atoms with Gasteiger partial charge in [-0.25, -0.2) is 18.1 Å². The molecule has 0 unspecified atom stereocenters. The highest BCUT2D eigenvalue weighted by molar-refractivity contribution is 7.89. The molecule has 0 spiro atoms. The first-order valence-corrected chi connectivity index (χ1v) is 9.63. The van der Waals surface area contributed by atoms with Crippen LogP contribution in [0.4, 0.5) is 0 Å². The summed E-state index contributed by atoms with van der Waals surface area (Å²) in [5, 5.41) is 8.93. The summed E-state index contributed by atoms with van der Waals surface area (Å²) in [6.07, 6.45) is 2.75. The van der Waals surface area contributed by atoms with Crippen molar-refractivity contribution >= 4 is 16.0 Å². The number of aliphatic carboxylic acids is 1. The summed E-state index contributed by atoms with van der Waals surface area (Å²) >= 11 is 0. The van der Waals surface area contributed by atoms with E-state index in [-0.39, 0.29) is 29.6 Å². The summed E-state index contributed by atoms with van der Waals surface area (Å²) in [6, 6.07) is -0.0684. The Bertz CT molecular complexity index is 692. The molecule has 0 radical (unpaired) electrons. The van der Waals surface area contributed by atoms with Gasteiger partial charge in [0, 0.05) is 31.2 Å². The van der Waals surface area contributed by atoms with Crippen molar-refractivity contribution < 1.29 is 18.3 Å². The highest BCUT2D eigenvalue weighted by Crippen LogP contribution is 2.27. The Morgan fingerprint density at radius 2 is 2.12 bits per heavy atom. The largest absolute Gasteiger partial charge is 0.480 e. The molecule has 8 nitrogen and oxygen atoms in total. The molecule has 1 heterocycles. The smallest absolute Gasteiger partial charge is 0.317 e. The number of carbonyl (C=O) groups is 1. The average Bonchev–Trinajstić information content (AvgIpc) is 2.83. The van der Waals surface area contributed by atoms with Gasteiger partial charge in [0.1, 0.15) is 5.82 Å². The van der Waals surface area contributed by atoms with E-state index in [1.807, 2.05) is 25.7 Å². The molecule has 2 N–H and O–H groups in total. The SMILES string of the molecule is CCN(CC(=O)O)C1CC(NS(=O)(=O)c2cn(C)c(C(C)C)n2)C1. The van der Waals surface area contributed by atoms with E-state index in [0.29, 0.717) is 19.4 Å². The number of carboxylic acid groups (broad SMARTS) is 1. The van der Waals surface area contributed by atoms with Crippen molar-refractivity contribution in [3.63, 3.8) is 0 Å². The molecule has 0 aliphatic heterocycles. The van der Waals surface area contributed by atoms with Crippen LogP contribution >= 0.6 is 0 Å². The second kappa shape index (κ2) is 7.20. The molecule has 0 amide bonds. The van der Waals surface area contributed by atoms with Gasteiger partial charge >= 0.3 is 5.97 Å². The molecule has 9 heteroatoms. The molecule has 136 valence electrons. The molecular formula is C15H26N4O4S. The van der Waals surface area contributed by atoms with E-state index in [1.165, 1.54) is 6.20 Å². The molecule has 1 saturated carbocycles. The zero-order valence-electron chi connectivity index (χ0n) is 14.6. The Hall–Kier alpha value is -1.45. The third-order valence-electron chi connectivity index (χ3n) is 4.38. The lowest BCUT2D eigenvalue weighted by Gasteiger charge is -2.41. The number of aryl methyl sites for hydroxylation is 1. The van der Waals surface area contributed by atoms with E-state index in [1.54, 1.807) is 11.6 Å². The second-order valence-corrected chi connectivity index (χ2v) is 8.26. The van der Waals surface area contributed by atoms with E-state index in [4.69, 9.17) is 5.11 Å². The maximum Gasteiger partial charge on any atom is 0.317 e. The molecule has 1 aliphatic carbocycles. The lowest BCUT2D eigenvalue weighted by atomic mass is 9.86. The Morgan fingerprint density at radius 3 is 2.58 bits per heavy atom. The van der Waals surface area contributed by atoms with Gasteiger partial charge < -0.3 is 9.67 Å². The maximum atomic E-state index is 12.5. The third-order valence-corrected chi connectivity index (χ3v) is 5.77. The first kappa shape index (κ1) is 18.9. The molecule has 1 aromatic rings. The van der Waals surface area contributed by atoms with Crippen LogP contribution in [0, 0.1) is 0 Å². The fourth-order valence-electron chi connectivity index (χ4n) is 3.05. The normalized spacial score (nSPS) is 21.2. The van der Waals surface area contributed by atoms with Gasteiger partial charge in [-0.3, -0.25) is 9.69 Å². The zero-order valence-corrected chi connectivity index (χ0v) is 15.4. The van der Waals surface area contributed by atoms with Crippen LogP contribution in [0.15, 0.2) is 11.2 Å². The molecule has 1 aliphatic rings. The Kier molecular flexibility index (Phi) is 5.67. The molecule has 1 aromatic heterocycles. The third kappa shape index (κ3) is 4.14. The second-order valence-electron chi connectivity index (χ2n) is 6.60. The van der Waals surface area contributed by atoms with Gasteiger partial charge in [-0.1, -0.05) is 20.8 Å². The predicted molar refractivity (Wildman–Crippen MR) is 89.3 cm³/mol. The van der Waals surface area contributed by atoms with Crippen molar-refractivity contribution in [3.05, 3.63) is 12.0 Å². The van der Waals surface area contributed by atoms with Gasteiger partial charge in [-0.2, -0.15) is 0 Å². The lowest BCUT2D eigenvalue weighted by Crippen LogP contribution is -2.54. The monoisotopic (exact) mass is 358 g/mol. The Labute approximate surface area is 142 Å². The van der Waals surface area contributed by atoms with Crippen LogP contribution in [0.3, 0.4) is 0 Å². The van der Waals surface area contributed by atoms with Crippen LogP contribution < -0.4 is 4.72 Å². The fourth-order valence-corrected chi connectivity index (χ4v) is 4.32. The van der Waals surface area contributed by atoms with Gasteiger partial charge in [-0.15, -0.1) is 0 Å². The summed E-state index contributed by atoms with van der Waals surface area (Å²) in [4.78, 5) is 16.9. The number of hydrogen-bond donors (Lipinski definition) is 2. The van der Waals surface area contributed by atoms with Crippen molar-refractivity contribution in [3.8, 4) is 0 Å². The van der Waals surface area contributed by atoms with Crippen LogP contribution in [0.1, 0.15) is 45.4 Å². The maximum absolute atomic E-state index is 12.5. The summed E-state index contributed by atoms with van der Waals surface area (Å²) in [5.41, 5.74) is 0. The summed E-state index contributed by atoms with van der Waals surface area (Å²) in [7, 11) is -1.87. The molecule has 0 saturated heterocycles. The first-order chi connectivity index (χ1) is 11.1. The van der Waals surface area contributed by atoms with Crippen molar-refractivity contribution in [2.75, 3.05) is 13.1 Å². The van der Waals surface area contributed by atoms with Gasteiger partial charge in [0.2, 0.25) is 0 Å². The number of rotatable bonds is 8. The number of nitrogens with one attached hydrogen (secondary N) is 1. The quantitative estimate of drug-likeness (QED) is 0.711. The van der Waals surface area contributed by atoms with Crippen molar-refractivity contribution in [2.24, 2.45) is 7.05 Å². The van der Waals surface area contributed by atoms with Gasteiger partial charge in [0.25, 0.3) is 10.0 Å². The van der Waals surface area contributed by atoms with Crippen molar-refractivity contribution in [1.82, 2.24) is 19.2 Å². The standard InChI is InChI=1S/C15H26N4O4S/c1-5-19(9-14(20)21)12-6-11(7-12)17-24(22,23)13-8-18(4)15(16-13)10(2)3/h8,10-12,17H,5-7,9H2,1-4H3,(H,20,21). The molecule has 24 heavy (non-hydrogen) atoms. The van der Waals surface area contributed by atoms with E-state index in [0.717, 1.165) is 5.82 Å². The van der Waals surface area contributed by atoms with Gasteiger partial charge in [0.05, 0.1) is 6.54 Å². The van der Waals surface area contributed by atoms with Crippen LogP contribution in [-0.2, 0) is 21.9 Å². The average molecular weight is 358 g/mol. The fraction of sp³-hybridized carbons (Fsp3) is 0.733. The Morgan fingerprint density at radius 1 is 1.50 bits per heavy atom. The summed E-state index contributed by atoms with van der Waals surface area (Å²) in [5.74, 6) is -0.00257. The van der Waals surface area contributed by atoms with E-state index in [9.17, 15) is 13.2 Å². The van der Waals surface area contributed by atoms with Crippen molar-refractivity contribution in [1.29, 1.82) is 0 Å². The van der Waals surface area contributed by atoms with Crippen LogP contribution in [-0.4, -0.2) is 59.1 Å². The number of carboxylic acids is 1. The Balaban J connectivity index is 1.97. The molecule has 2 rings (SSSR count).